The van der Waals surface area contributed by atoms with Crippen LogP contribution in [0.5, 0.6) is 0 Å². The molecular weight excluding hydrogens is 380 g/mol. The van der Waals surface area contributed by atoms with Gasteiger partial charge in [0.2, 0.25) is 10.0 Å². The van der Waals surface area contributed by atoms with E-state index in [4.69, 9.17) is 0 Å². The number of carbonyl (C=O) groups is 1. The molecule has 2 rings (SSSR count). The van der Waals surface area contributed by atoms with Crippen molar-refractivity contribution in [2.75, 3.05) is 11.0 Å². The molecule has 7 heteroatoms. The lowest BCUT2D eigenvalue weighted by Gasteiger charge is -2.16. The van der Waals surface area contributed by atoms with Gasteiger partial charge in [-0.1, -0.05) is 28.1 Å². The second kappa shape index (κ2) is 7.14. The molecule has 0 radical (unpaired) electrons. The molecule has 0 fully saturated rings. The summed E-state index contributed by atoms with van der Waals surface area (Å²) in [7, 11) is -3.33. The molecule has 0 bridgehead atoms. The van der Waals surface area contributed by atoms with Crippen LogP contribution in [-0.4, -0.2) is 20.6 Å². The summed E-state index contributed by atoms with van der Waals surface area (Å²) < 4.78 is 25.9. The van der Waals surface area contributed by atoms with Crippen molar-refractivity contribution in [1.29, 1.82) is 0 Å². The van der Waals surface area contributed by atoms with Crippen molar-refractivity contribution >= 4 is 37.5 Å². The summed E-state index contributed by atoms with van der Waals surface area (Å²) in [5.74, 6) is -0.188. The van der Waals surface area contributed by atoms with Crippen molar-refractivity contribution in [1.82, 2.24) is 5.32 Å². The standard InChI is InChI=1S/C16H17BrN2O3S/c1-11(18-16(20)12-6-8-14(17)9-7-12)13-4-3-5-15(10-13)19-23(2,21)22/h3-11,19H,1-2H3,(H,18,20). The number of halogens is 1. The first-order chi connectivity index (χ1) is 10.7. The lowest BCUT2D eigenvalue weighted by Crippen LogP contribution is -2.26. The topological polar surface area (TPSA) is 75.3 Å². The predicted octanol–water partition coefficient (Wildman–Crippen LogP) is 3.31. The Morgan fingerprint density at radius 1 is 1.13 bits per heavy atom. The second-order valence-corrected chi connectivity index (χ2v) is 7.87. The van der Waals surface area contributed by atoms with Crippen LogP contribution in [0.1, 0.15) is 28.9 Å². The van der Waals surface area contributed by atoms with Crippen molar-refractivity contribution < 1.29 is 13.2 Å². The minimum Gasteiger partial charge on any atom is -0.346 e. The first-order valence-corrected chi connectivity index (χ1v) is 9.57. The van der Waals surface area contributed by atoms with E-state index < -0.39 is 10.0 Å². The highest BCUT2D eigenvalue weighted by Gasteiger charge is 2.12. The van der Waals surface area contributed by atoms with Crippen molar-refractivity contribution in [2.45, 2.75) is 13.0 Å². The van der Waals surface area contributed by atoms with Crippen molar-refractivity contribution in [3.05, 3.63) is 64.1 Å². The molecule has 2 aromatic carbocycles. The average molecular weight is 397 g/mol. The summed E-state index contributed by atoms with van der Waals surface area (Å²) >= 11 is 3.33. The maximum atomic E-state index is 12.2. The fourth-order valence-corrected chi connectivity index (χ4v) is 2.87. The lowest BCUT2D eigenvalue weighted by atomic mass is 10.1. The number of benzene rings is 2. The Labute approximate surface area is 144 Å². The van der Waals surface area contributed by atoms with Crippen molar-refractivity contribution in [2.24, 2.45) is 0 Å². The van der Waals surface area contributed by atoms with E-state index in [1.165, 1.54) is 0 Å². The largest absolute Gasteiger partial charge is 0.346 e. The molecule has 0 saturated heterocycles. The number of nitrogens with one attached hydrogen (secondary N) is 2. The fourth-order valence-electron chi connectivity index (χ4n) is 2.05. The van der Waals surface area contributed by atoms with E-state index in [1.807, 2.05) is 13.0 Å². The zero-order chi connectivity index (χ0) is 17.0. The number of amides is 1. The molecule has 0 spiro atoms. The molecule has 0 aromatic heterocycles. The molecule has 122 valence electrons. The second-order valence-electron chi connectivity index (χ2n) is 5.20. The van der Waals surface area contributed by atoms with Crippen molar-refractivity contribution in [3.63, 3.8) is 0 Å². The Morgan fingerprint density at radius 2 is 1.78 bits per heavy atom. The van der Waals surface area contributed by atoms with E-state index >= 15 is 0 Å². The van der Waals surface area contributed by atoms with Crippen LogP contribution >= 0.6 is 15.9 Å². The van der Waals surface area contributed by atoms with E-state index in [9.17, 15) is 13.2 Å². The van der Waals surface area contributed by atoms with E-state index in [-0.39, 0.29) is 11.9 Å². The van der Waals surface area contributed by atoms with Gasteiger partial charge in [-0.2, -0.15) is 0 Å². The van der Waals surface area contributed by atoms with Crippen LogP contribution in [0, 0.1) is 0 Å². The van der Waals surface area contributed by atoms with E-state index in [2.05, 4.69) is 26.0 Å². The van der Waals surface area contributed by atoms with Gasteiger partial charge in [0.1, 0.15) is 0 Å². The Kier molecular flexibility index (Phi) is 5.43. The highest BCUT2D eigenvalue weighted by atomic mass is 79.9. The van der Waals surface area contributed by atoms with Gasteiger partial charge in [0.15, 0.2) is 0 Å². The van der Waals surface area contributed by atoms with Crippen LogP contribution in [-0.2, 0) is 10.0 Å². The number of carbonyl (C=O) groups excluding carboxylic acids is 1. The van der Waals surface area contributed by atoms with Crippen LogP contribution in [0.4, 0.5) is 5.69 Å². The molecule has 2 N–H and O–H groups in total. The Bertz CT molecular complexity index is 804. The van der Waals surface area contributed by atoms with Gasteiger partial charge in [-0.15, -0.1) is 0 Å². The minimum atomic E-state index is -3.33. The number of hydrogen-bond acceptors (Lipinski definition) is 3. The maximum Gasteiger partial charge on any atom is 0.251 e. The molecular formula is C16H17BrN2O3S. The molecule has 0 heterocycles. The SMILES string of the molecule is CC(NC(=O)c1ccc(Br)cc1)c1cccc(NS(C)(=O)=O)c1. The molecule has 1 atom stereocenters. The van der Waals surface area contributed by atoms with Crippen LogP contribution in [0.15, 0.2) is 53.0 Å². The minimum absolute atomic E-state index is 0.188. The zero-order valence-corrected chi connectivity index (χ0v) is 15.1. The Balaban J connectivity index is 2.11. The number of anilines is 1. The molecule has 0 aliphatic heterocycles. The van der Waals surface area contributed by atoms with Gasteiger partial charge in [-0.25, -0.2) is 8.42 Å². The molecule has 2 aromatic rings. The summed E-state index contributed by atoms with van der Waals surface area (Å²) in [5, 5.41) is 2.89. The van der Waals surface area contributed by atoms with Gasteiger partial charge in [-0.3, -0.25) is 9.52 Å². The summed E-state index contributed by atoms with van der Waals surface area (Å²) in [6.07, 6.45) is 1.10. The zero-order valence-electron chi connectivity index (χ0n) is 12.7. The summed E-state index contributed by atoms with van der Waals surface area (Å²) in [5.41, 5.74) is 1.84. The summed E-state index contributed by atoms with van der Waals surface area (Å²) in [6.45, 7) is 1.84. The molecule has 0 saturated carbocycles. The molecule has 1 unspecified atom stereocenters. The third-order valence-electron chi connectivity index (χ3n) is 3.14. The van der Waals surface area contributed by atoms with Gasteiger partial charge in [0.25, 0.3) is 5.91 Å². The molecule has 0 aliphatic rings. The highest BCUT2D eigenvalue weighted by molar-refractivity contribution is 9.10. The van der Waals surface area contributed by atoms with Crippen LogP contribution < -0.4 is 10.0 Å². The lowest BCUT2D eigenvalue weighted by molar-refractivity contribution is 0.0940. The number of sulfonamides is 1. The van der Waals surface area contributed by atoms with Crippen LogP contribution in [0.25, 0.3) is 0 Å². The van der Waals surface area contributed by atoms with E-state index in [0.717, 1.165) is 16.3 Å². The normalized spacial score (nSPS) is 12.5. The maximum absolute atomic E-state index is 12.2. The number of hydrogen-bond donors (Lipinski definition) is 2. The molecule has 5 nitrogen and oxygen atoms in total. The van der Waals surface area contributed by atoms with Gasteiger partial charge in [0, 0.05) is 15.7 Å². The molecule has 23 heavy (non-hydrogen) atoms. The summed E-state index contributed by atoms with van der Waals surface area (Å²) in [6, 6.07) is 13.7. The van der Waals surface area contributed by atoms with Crippen LogP contribution in [0.3, 0.4) is 0 Å². The van der Waals surface area contributed by atoms with Gasteiger partial charge in [0.05, 0.1) is 12.3 Å². The molecule has 1 amide bonds. The van der Waals surface area contributed by atoms with E-state index in [0.29, 0.717) is 11.3 Å². The third kappa shape index (κ3) is 5.37. The van der Waals surface area contributed by atoms with Crippen LogP contribution in [0.2, 0.25) is 0 Å². The Morgan fingerprint density at radius 3 is 2.39 bits per heavy atom. The predicted molar refractivity (Wildman–Crippen MR) is 94.9 cm³/mol. The summed E-state index contributed by atoms with van der Waals surface area (Å²) in [4.78, 5) is 12.2. The fraction of sp³-hybridized carbons (Fsp3) is 0.188. The van der Waals surface area contributed by atoms with E-state index in [1.54, 1.807) is 42.5 Å². The quantitative estimate of drug-likeness (QED) is 0.813. The first kappa shape index (κ1) is 17.5. The first-order valence-electron chi connectivity index (χ1n) is 6.89. The monoisotopic (exact) mass is 396 g/mol. The van der Waals surface area contributed by atoms with Gasteiger partial charge < -0.3 is 5.32 Å². The van der Waals surface area contributed by atoms with Gasteiger partial charge in [-0.05, 0) is 48.9 Å². The number of rotatable bonds is 5. The Hall–Kier alpha value is -1.86. The third-order valence-corrected chi connectivity index (χ3v) is 4.28. The van der Waals surface area contributed by atoms with Gasteiger partial charge >= 0.3 is 0 Å². The smallest absolute Gasteiger partial charge is 0.251 e. The molecule has 0 aliphatic carbocycles. The van der Waals surface area contributed by atoms with Crippen molar-refractivity contribution in [3.8, 4) is 0 Å². The average Bonchev–Trinajstić information content (AvgIpc) is 2.46. The highest BCUT2D eigenvalue weighted by Crippen LogP contribution is 2.19.